The molecule has 110 valence electrons. The second-order valence-electron chi connectivity index (χ2n) is 4.52. The summed E-state index contributed by atoms with van der Waals surface area (Å²) in [4.78, 5) is 28.8. The highest BCUT2D eigenvalue weighted by atomic mass is 16.5. The molecule has 0 radical (unpaired) electrons. The van der Waals surface area contributed by atoms with Crippen LogP contribution in [0.15, 0.2) is 30.5 Å². The second kappa shape index (κ2) is 6.21. The number of fused-ring (bicyclic) bond motifs is 1. The highest BCUT2D eigenvalue weighted by Crippen LogP contribution is 2.26. The molecule has 0 saturated heterocycles. The fraction of sp³-hybridized carbons (Fsp3) is 0.267. The lowest BCUT2D eigenvalue weighted by molar-refractivity contribution is -0.131. The van der Waals surface area contributed by atoms with Gasteiger partial charge in [0.1, 0.15) is 5.56 Å². The molecule has 1 N–H and O–H groups in total. The maximum Gasteiger partial charge on any atom is 0.340 e. The maximum absolute atomic E-state index is 11.7. The van der Waals surface area contributed by atoms with Crippen LogP contribution in [0.4, 0.5) is 0 Å². The number of hydrogen-bond acceptors (Lipinski definition) is 4. The second-order valence-corrected chi connectivity index (χ2v) is 4.52. The van der Waals surface area contributed by atoms with Crippen LogP contribution in [0.25, 0.3) is 10.9 Å². The van der Waals surface area contributed by atoms with Crippen LogP contribution >= 0.6 is 0 Å². The van der Waals surface area contributed by atoms with E-state index in [0.717, 1.165) is 0 Å². The van der Waals surface area contributed by atoms with Gasteiger partial charge < -0.3 is 14.7 Å². The number of nitrogens with zero attached hydrogens (tertiary/aromatic N) is 2. The van der Waals surface area contributed by atoms with Gasteiger partial charge in [-0.3, -0.25) is 9.78 Å². The molecule has 0 aliphatic carbocycles. The van der Waals surface area contributed by atoms with Crippen LogP contribution in [0.2, 0.25) is 0 Å². The Morgan fingerprint density at radius 1 is 1.33 bits per heavy atom. The van der Waals surface area contributed by atoms with Crippen molar-refractivity contribution in [3.8, 4) is 5.75 Å². The van der Waals surface area contributed by atoms with Crippen molar-refractivity contribution in [1.82, 2.24) is 9.88 Å². The first-order valence-corrected chi connectivity index (χ1v) is 6.52. The zero-order valence-electron chi connectivity index (χ0n) is 11.9. The van der Waals surface area contributed by atoms with Gasteiger partial charge >= 0.3 is 5.97 Å². The van der Waals surface area contributed by atoms with Crippen molar-refractivity contribution in [2.75, 3.05) is 20.2 Å². The number of carboxylic acids is 1. The molecule has 0 bridgehead atoms. The van der Waals surface area contributed by atoms with E-state index in [1.165, 1.54) is 11.1 Å². The first-order valence-electron chi connectivity index (χ1n) is 6.52. The number of carboxylic acid groups (broad SMARTS) is 1. The molecule has 6 heteroatoms. The molecule has 6 nitrogen and oxygen atoms in total. The predicted octanol–water partition coefficient (Wildman–Crippen LogP) is 1.79. The Bertz CT molecular complexity index is 684. The molecule has 1 heterocycles. The SMILES string of the molecule is CCN(C)C(=O)COc1cnc2ccccc2c1C(=O)O. The molecule has 1 aromatic heterocycles. The zero-order valence-corrected chi connectivity index (χ0v) is 11.9. The van der Waals surface area contributed by atoms with Gasteiger partial charge in [0.15, 0.2) is 12.4 Å². The number of carbonyl (C=O) groups is 2. The van der Waals surface area contributed by atoms with E-state index in [2.05, 4.69) is 4.98 Å². The average molecular weight is 288 g/mol. The van der Waals surface area contributed by atoms with E-state index in [0.29, 0.717) is 17.4 Å². The number of amides is 1. The summed E-state index contributed by atoms with van der Waals surface area (Å²) < 4.78 is 5.36. The van der Waals surface area contributed by atoms with Crippen molar-refractivity contribution in [2.24, 2.45) is 0 Å². The number of para-hydroxylation sites is 1. The summed E-state index contributed by atoms with van der Waals surface area (Å²) in [5.74, 6) is -1.24. The highest BCUT2D eigenvalue weighted by Gasteiger charge is 2.18. The van der Waals surface area contributed by atoms with Gasteiger partial charge in [-0.05, 0) is 13.0 Å². The molecular weight excluding hydrogens is 272 g/mol. The third-order valence-corrected chi connectivity index (χ3v) is 3.21. The fourth-order valence-electron chi connectivity index (χ4n) is 1.88. The Morgan fingerprint density at radius 3 is 2.71 bits per heavy atom. The lowest BCUT2D eigenvalue weighted by Crippen LogP contribution is -2.31. The number of likely N-dealkylation sites (N-methyl/N-ethyl adjacent to an activating group) is 1. The van der Waals surface area contributed by atoms with E-state index in [1.807, 2.05) is 6.92 Å². The first-order chi connectivity index (χ1) is 10.0. The van der Waals surface area contributed by atoms with Gasteiger partial charge in [0, 0.05) is 19.0 Å². The van der Waals surface area contributed by atoms with Crippen LogP contribution in [0.1, 0.15) is 17.3 Å². The minimum absolute atomic E-state index is 0.0209. The van der Waals surface area contributed by atoms with Gasteiger partial charge in [-0.15, -0.1) is 0 Å². The molecule has 0 atom stereocenters. The molecule has 0 aliphatic heterocycles. The van der Waals surface area contributed by atoms with E-state index in [1.54, 1.807) is 31.3 Å². The zero-order chi connectivity index (χ0) is 15.4. The lowest BCUT2D eigenvalue weighted by atomic mass is 10.1. The van der Waals surface area contributed by atoms with Crippen molar-refractivity contribution in [1.29, 1.82) is 0 Å². The minimum Gasteiger partial charge on any atom is -0.481 e. The van der Waals surface area contributed by atoms with Gasteiger partial charge in [0.25, 0.3) is 5.91 Å². The van der Waals surface area contributed by atoms with Gasteiger partial charge in [-0.25, -0.2) is 4.79 Å². The van der Waals surface area contributed by atoms with E-state index in [4.69, 9.17) is 4.74 Å². The smallest absolute Gasteiger partial charge is 0.340 e. The number of pyridine rings is 1. The number of rotatable bonds is 5. The van der Waals surface area contributed by atoms with Crippen LogP contribution in [0.5, 0.6) is 5.75 Å². The van der Waals surface area contributed by atoms with Crippen LogP contribution < -0.4 is 4.74 Å². The lowest BCUT2D eigenvalue weighted by Gasteiger charge is -2.16. The quantitative estimate of drug-likeness (QED) is 0.907. The van der Waals surface area contributed by atoms with E-state index < -0.39 is 5.97 Å². The predicted molar refractivity (Wildman–Crippen MR) is 77.5 cm³/mol. The Balaban J connectivity index is 2.33. The summed E-state index contributed by atoms with van der Waals surface area (Å²) in [6.07, 6.45) is 1.34. The number of aromatic carboxylic acids is 1. The molecule has 2 rings (SSSR count). The van der Waals surface area contributed by atoms with Gasteiger partial charge in [0.2, 0.25) is 0 Å². The molecule has 1 aromatic carbocycles. The van der Waals surface area contributed by atoms with Crippen molar-refractivity contribution < 1.29 is 19.4 Å². The van der Waals surface area contributed by atoms with Crippen LogP contribution in [0, 0.1) is 0 Å². The third kappa shape index (κ3) is 3.10. The van der Waals surface area contributed by atoms with E-state index in [-0.39, 0.29) is 23.8 Å². The standard InChI is InChI=1S/C15H16N2O4/c1-3-17(2)13(18)9-21-12-8-16-11-7-5-4-6-10(11)14(12)15(19)20/h4-8H,3,9H2,1-2H3,(H,19,20). The van der Waals surface area contributed by atoms with Crippen LogP contribution in [-0.2, 0) is 4.79 Å². The Morgan fingerprint density at radius 2 is 2.05 bits per heavy atom. The Labute approximate surface area is 122 Å². The molecule has 1 amide bonds. The number of carbonyl (C=O) groups excluding carboxylic acids is 1. The van der Waals surface area contributed by atoms with Crippen molar-refractivity contribution >= 4 is 22.8 Å². The fourth-order valence-corrected chi connectivity index (χ4v) is 1.88. The third-order valence-electron chi connectivity index (χ3n) is 3.21. The van der Waals surface area contributed by atoms with E-state index in [9.17, 15) is 14.7 Å². The summed E-state index contributed by atoms with van der Waals surface area (Å²) in [5.41, 5.74) is 0.590. The first kappa shape index (κ1) is 14.8. The Kier molecular flexibility index (Phi) is 4.37. The molecule has 0 spiro atoms. The van der Waals surface area contributed by atoms with Crippen molar-refractivity contribution in [3.05, 3.63) is 36.0 Å². The van der Waals surface area contributed by atoms with Gasteiger partial charge in [-0.1, -0.05) is 18.2 Å². The molecule has 21 heavy (non-hydrogen) atoms. The molecular formula is C15H16N2O4. The summed E-state index contributed by atoms with van der Waals surface area (Å²) in [6.45, 7) is 2.19. The monoisotopic (exact) mass is 288 g/mol. The maximum atomic E-state index is 11.7. The molecule has 0 unspecified atom stereocenters. The summed E-state index contributed by atoms with van der Waals surface area (Å²) in [5, 5.41) is 9.87. The van der Waals surface area contributed by atoms with Crippen molar-refractivity contribution in [2.45, 2.75) is 6.92 Å². The molecule has 0 saturated carbocycles. The topological polar surface area (TPSA) is 79.7 Å². The summed E-state index contributed by atoms with van der Waals surface area (Å²) in [6, 6.07) is 6.90. The number of aromatic nitrogens is 1. The van der Waals surface area contributed by atoms with E-state index >= 15 is 0 Å². The summed E-state index contributed by atoms with van der Waals surface area (Å²) >= 11 is 0. The van der Waals surface area contributed by atoms with Gasteiger partial charge in [-0.2, -0.15) is 0 Å². The average Bonchev–Trinajstić information content (AvgIpc) is 2.50. The number of ether oxygens (including phenoxy) is 1. The highest BCUT2D eigenvalue weighted by molar-refractivity contribution is 6.04. The minimum atomic E-state index is -1.11. The molecule has 0 fully saturated rings. The number of hydrogen-bond donors (Lipinski definition) is 1. The number of benzene rings is 1. The molecule has 0 aliphatic rings. The Hall–Kier alpha value is -2.63. The molecule has 2 aromatic rings. The van der Waals surface area contributed by atoms with Crippen LogP contribution in [0.3, 0.4) is 0 Å². The van der Waals surface area contributed by atoms with Crippen molar-refractivity contribution in [3.63, 3.8) is 0 Å². The van der Waals surface area contributed by atoms with Crippen LogP contribution in [-0.4, -0.2) is 47.1 Å². The summed E-state index contributed by atoms with van der Waals surface area (Å²) in [7, 11) is 1.66. The normalized spacial score (nSPS) is 10.4. The van der Waals surface area contributed by atoms with Gasteiger partial charge in [0.05, 0.1) is 11.7 Å². The largest absolute Gasteiger partial charge is 0.481 e.